The van der Waals surface area contributed by atoms with Crippen molar-refractivity contribution in [2.75, 3.05) is 6.61 Å². The SMILES string of the molecule is CC(CO)C(C)NC(=O)/C=C/c1ccc(F)c(Cl)c1. The van der Waals surface area contributed by atoms with E-state index in [2.05, 4.69) is 5.32 Å². The first kappa shape index (κ1) is 15.7. The van der Waals surface area contributed by atoms with Crippen LogP contribution in [0.3, 0.4) is 0 Å². The van der Waals surface area contributed by atoms with Crippen LogP contribution in [-0.4, -0.2) is 23.7 Å². The maximum absolute atomic E-state index is 12.9. The molecule has 0 aliphatic rings. The summed E-state index contributed by atoms with van der Waals surface area (Å²) in [6, 6.07) is 4.10. The largest absolute Gasteiger partial charge is 0.396 e. The van der Waals surface area contributed by atoms with Crippen LogP contribution in [0, 0.1) is 11.7 Å². The number of halogens is 2. The first-order valence-electron chi connectivity index (χ1n) is 5.98. The molecule has 0 aliphatic heterocycles. The van der Waals surface area contributed by atoms with Crippen molar-refractivity contribution in [3.63, 3.8) is 0 Å². The van der Waals surface area contributed by atoms with Gasteiger partial charge in [0, 0.05) is 18.7 Å². The molecule has 1 amide bonds. The van der Waals surface area contributed by atoms with Gasteiger partial charge in [0.1, 0.15) is 5.82 Å². The number of nitrogens with one attached hydrogen (secondary N) is 1. The Morgan fingerprint density at radius 2 is 2.21 bits per heavy atom. The van der Waals surface area contributed by atoms with Crippen LogP contribution < -0.4 is 5.32 Å². The fourth-order valence-electron chi connectivity index (χ4n) is 1.36. The summed E-state index contributed by atoms with van der Waals surface area (Å²) >= 11 is 5.64. The number of rotatable bonds is 5. The van der Waals surface area contributed by atoms with Crippen LogP contribution in [-0.2, 0) is 4.79 Å². The summed E-state index contributed by atoms with van der Waals surface area (Å²) in [5, 5.41) is 11.7. The van der Waals surface area contributed by atoms with Gasteiger partial charge in [0.25, 0.3) is 0 Å². The van der Waals surface area contributed by atoms with E-state index in [1.807, 2.05) is 13.8 Å². The minimum Gasteiger partial charge on any atom is -0.396 e. The van der Waals surface area contributed by atoms with Gasteiger partial charge < -0.3 is 10.4 Å². The van der Waals surface area contributed by atoms with E-state index in [-0.39, 0.29) is 29.5 Å². The molecule has 1 aromatic rings. The molecule has 0 aromatic heterocycles. The molecule has 5 heteroatoms. The van der Waals surface area contributed by atoms with Crippen molar-refractivity contribution in [1.82, 2.24) is 5.32 Å². The Bertz CT molecular complexity index is 477. The van der Waals surface area contributed by atoms with Gasteiger partial charge >= 0.3 is 0 Å². The van der Waals surface area contributed by atoms with E-state index in [9.17, 15) is 9.18 Å². The van der Waals surface area contributed by atoms with Crippen molar-refractivity contribution in [2.45, 2.75) is 19.9 Å². The molecule has 0 saturated carbocycles. The standard InChI is InChI=1S/C14H17ClFNO2/c1-9(8-18)10(2)17-14(19)6-4-11-3-5-13(16)12(15)7-11/h3-7,9-10,18H,8H2,1-2H3,(H,17,19)/b6-4+. The fraction of sp³-hybridized carbons (Fsp3) is 0.357. The average molecular weight is 286 g/mol. The fourth-order valence-corrected chi connectivity index (χ4v) is 1.55. The lowest BCUT2D eigenvalue weighted by molar-refractivity contribution is -0.117. The summed E-state index contributed by atoms with van der Waals surface area (Å²) in [6.45, 7) is 3.68. The molecule has 0 spiro atoms. The molecule has 0 aliphatic carbocycles. The zero-order valence-corrected chi connectivity index (χ0v) is 11.6. The number of aliphatic hydroxyl groups is 1. The molecule has 2 atom stereocenters. The number of hydrogen-bond donors (Lipinski definition) is 2. The maximum Gasteiger partial charge on any atom is 0.244 e. The van der Waals surface area contributed by atoms with Crippen molar-refractivity contribution in [1.29, 1.82) is 0 Å². The normalized spacial score (nSPS) is 14.4. The second-order valence-electron chi connectivity index (χ2n) is 4.46. The molecule has 19 heavy (non-hydrogen) atoms. The van der Waals surface area contributed by atoms with Crippen molar-refractivity contribution >= 4 is 23.6 Å². The molecule has 1 aromatic carbocycles. The van der Waals surface area contributed by atoms with E-state index in [0.29, 0.717) is 5.56 Å². The Kier molecular flexibility index (Phi) is 5.99. The highest BCUT2D eigenvalue weighted by Crippen LogP contribution is 2.16. The number of aliphatic hydroxyl groups excluding tert-OH is 1. The highest BCUT2D eigenvalue weighted by molar-refractivity contribution is 6.30. The number of amides is 1. The highest BCUT2D eigenvalue weighted by atomic mass is 35.5. The summed E-state index contributed by atoms with van der Waals surface area (Å²) in [5.41, 5.74) is 0.643. The van der Waals surface area contributed by atoms with Gasteiger partial charge in [-0.15, -0.1) is 0 Å². The molecule has 0 fully saturated rings. The van der Waals surface area contributed by atoms with E-state index in [0.717, 1.165) is 0 Å². The predicted molar refractivity (Wildman–Crippen MR) is 74.3 cm³/mol. The Morgan fingerprint density at radius 1 is 1.53 bits per heavy atom. The minimum absolute atomic E-state index is 0.0126. The van der Waals surface area contributed by atoms with Gasteiger partial charge in [0.05, 0.1) is 5.02 Å². The third-order valence-electron chi connectivity index (χ3n) is 2.88. The van der Waals surface area contributed by atoms with Crippen LogP contribution in [0.2, 0.25) is 5.02 Å². The van der Waals surface area contributed by atoms with E-state index in [1.54, 1.807) is 6.08 Å². The zero-order valence-electron chi connectivity index (χ0n) is 10.9. The molecular formula is C14H17ClFNO2. The lowest BCUT2D eigenvalue weighted by Crippen LogP contribution is -2.37. The number of carbonyl (C=O) groups is 1. The summed E-state index contributed by atoms with van der Waals surface area (Å²) in [6.07, 6.45) is 2.90. The van der Waals surface area contributed by atoms with Crippen molar-refractivity contribution in [3.05, 3.63) is 40.7 Å². The number of benzene rings is 1. The summed E-state index contributed by atoms with van der Waals surface area (Å²) in [5.74, 6) is -0.778. The summed E-state index contributed by atoms with van der Waals surface area (Å²) in [4.78, 5) is 11.6. The number of hydrogen-bond acceptors (Lipinski definition) is 2. The quantitative estimate of drug-likeness (QED) is 0.817. The molecular weight excluding hydrogens is 269 g/mol. The van der Waals surface area contributed by atoms with Gasteiger partial charge in [-0.3, -0.25) is 4.79 Å². The summed E-state index contributed by atoms with van der Waals surface area (Å²) < 4.78 is 12.9. The minimum atomic E-state index is -0.492. The average Bonchev–Trinajstić information content (AvgIpc) is 2.39. The van der Waals surface area contributed by atoms with Gasteiger partial charge in [0.2, 0.25) is 5.91 Å². The predicted octanol–water partition coefficient (Wildman–Crippen LogP) is 2.63. The van der Waals surface area contributed by atoms with Crippen LogP contribution in [0.4, 0.5) is 4.39 Å². The number of carbonyl (C=O) groups excluding carboxylic acids is 1. The molecule has 0 heterocycles. The lowest BCUT2D eigenvalue weighted by Gasteiger charge is -2.18. The van der Waals surface area contributed by atoms with E-state index >= 15 is 0 Å². The molecule has 0 saturated heterocycles. The molecule has 2 N–H and O–H groups in total. The molecule has 104 valence electrons. The van der Waals surface area contributed by atoms with Crippen LogP contribution in [0.1, 0.15) is 19.4 Å². The van der Waals surface area contributed by atoms with Crippen LogP contribution in [0.25, 0.3) is 6.08 Å². The van der Waals surface area contributed by atoms with Crippen molar-refractivity contribution < 1.29 is 14.3 Å². The Hall–Kier alpha value is -1.39. The van der Waals surface area contributed by atoms with E-state index in [4.69, 9.17) is 16.7 Å². The molecule has 3 nitrogen and oxygen atoms in total. The molecule has 1 rings (SSSR count). The van der Waals surface area contributed by atoms with E-state index in [1.165, 1.54) is 24.3 Å². The summed E-state index contributed by atoms with van der Waals surface area (Å²) in [7, 11) is 0. The second kappa shape index (κ2) is 7.26. The third-order valence-corrected chi connectivity index (χ3v) is 3.17. The van der Waals surface area contributed by atoms with Crippen molar-refractivity contribution in [3.8, 4) is 0 Å². The lowest BCUT2D eigenvalue weighted by atomic mass is 10.1. The molecule has 0 radical (unpaired) electrons. The van der Waals surface area contributed by atoms with Gasteiger partial charge in [-0.2, -0.15) is 0 Å². The van der Waals surface area contributed by atoms with E-state index < -0.39 is 5.82 Å². The van der Waals surface area contributed by atoms with Gasteiger partial charge in [-0.05, 0) is 36.6 Å². The smallest absolute Gasteiger partial charge is 0.244 e. The van der Waals surface area contributed by atoms with Gasteiger partial charge in [-0.25, -0.2) is 4.39 Å². The van der Waals surface area contributed by atoms with Gasteiger partial charge in [-0.1, -0.05) is 24.6 Å². The van der Waals surface area contributed by atoms with Gasteiger partial charge in [0.15, 0.2) is 0 Å². The van der Waals surface area contributed by atoms with Crippen LogP contribution >= 0.6 is 11.6 Å². The zero-order chi connectivity index (χ0) is 14.4. The maximum atomic E-state index is 12.9. The molecule has 2 unspecified atom stereocenters. The monoisotopic (exact) mass is 285 g/mol. The highest BCUT2D eigenvalue weighted by Gasteiger charge is 2.12. The van der Waals surface area contributed by atoms with Crippen LogP contribution in [0.15, 0.2) is 24.3 Å². The Morgan fingerprint density at radius 3 is 2.79 bits per heavy atom. The third kappa shape index (κ3) is 5.01. The Labute approximate surface area is 117 Å². The van der Waals surface area contributed by atoms with Crippen molar-refractivity contribution in [2.24, 2.45) is 5.92 Å². The van der Waals surface area contributed by atoms with Crippen LogP contribution in [0.5, 0.6) is 0 Å². The second-order valence-corrected chi connectivity index (χ2v) is 4.87. The molecule has 0 bridgehead atoms. The Balaban J connectivity index is 2.61. The first-order valence-corrected chi connectivity index (χ1v) is 6.36. The topological polar surface area (TPSA) is 49.3 Å². The first-order chi connectivity index (χ1) is 8.93.